The summed E-state index contributed by atoms with van der Waals surface area (Å²) in [5, 5.41) is 20.5. The first-order valence-corrected chi connectivity index (χ1v) is 6.51. The first-order chi connectivity index (χ1) is 7.42. The molecule has 0 heterocycles. The van der Waals surface area contributed by atoms with E-state index in [4.69, 9.17) is 0 Å². The summed E-state index contributed by atoms with van der Waals surface area (Å²) in [6.45, 7) is 6.33. The van der Waals surface area contributed by atoms with Crippen LogP contribution in [0.5, 0.6) is 0 Å². The summed E-state index contributed by atoms with van der Waals surface area (Å²) in [7, 11) is 0. The van der Waals surface area contributed by atoms with E-state index in [0.29, 0.717) is 5.92 Å². The second-order valence-electron chi connectivity index (χ2n) is 6.11. The fourth-order valence-electron chi connectivity index (χ4n) is 3.41. The van der Waals surface area contributed by atoms with Crippen LogP contribution in [0.25, 0.3) is 0 Å². The van der Waals surface area contributed by atoms with Crippen molar-refractivity contribution in [2.45, 2.75) is 58.2 Å². The van der Waals surface area contributed by atoms with Crippen molar-refractivity contribution in [3.05, 3.63) is 11.6 Å². The van der Waals surface area contributed by atoms with Gasteiger partial charge in [-0.1, -0.05) is 25.5 Å². The lowest BCUT2D eigenvalue weighted by atomic mass is 9.79. The quantitative estimate of drug-likeness (QED) is 0.672. The summed E-state index contributed by atoms with van der Waals surface area (Å²) in [4.78, 5) is 0. The van der Waals surface area contributed by atoms with Gasteiger partial charge in [0.25, 0.3) is 0 Å². The highest BCUT2D eigenvalue weighted by Crippen LogP contribution is 2.46. The highest BCUT2D eigenvalue weighted by Gasteiger charge is 2.46. The SMILES string of the molecule is CC(C)C1=CC[C@@](C)(O)[C@H]2CC[C@H](O)[C@H]2C1. The molecule has 2 heteroatoms. The van der Waals surface area contributed by atoms with Crippen molar-refractivity contribution in [3.63, 3.8) is 0 Å². The van der Waals surface area contributed by atoms with Gasteiger partial charge in [0, 0.05) is 0 Å². The van der Waals surface area contributed by atoms with Crippen LogP contribution in [0.1, 0.15) is 46.5 Å². The van der Waals surface area contributed by atoms with Crippen LogP contribution < -0.4 is 0 Å². The average Bonchev–Trinajstić information content (AvgIpc) is 2.47. The van der Waals surface area contributed by atoms with Gasteiger partial charge in [-0.05, 0) is 50.4 Å². The van der Waals surface area contributed by atoms with E-state index in [9.17, 15) is 10.2 Å². The minimum atomic E-state index is -0.626. The summed E-state index contributed by atoms with van der Waals surface area (Å²) in [6.07, 6.45) is 5.54. The van der Waals surface area contributed by atoms with Crippen molar-refractivity contribution in [3.8, 4) is 0 Å². The van der Waals surface area contributed by atoms with Crippen LogP contribution in [0, 0.1) is 17.8 Å². The van der Waals surface area contributed by atoms with E-state index in [-0.39, 0.29) is 17.9 Å². The number of aliphatic hydroxyl groups excluding tert-OH is 1. The van der Waals surface area contributed by atoms with E-state index in [0.717, 1.165) is 25.7 Å². The van der Waals surface area contributed by atoms with Crippen LogP contribution in [-0.4, -0.2) is 21.9 Å². The Balaban J connectivity index is 2.26. The predicted octanol–water partition coefficient (Wildman–Crippen LogP) is 2.50. The van der Waals surface area contributed by atoms with Crippen LogP contribution in [0.15, 0.2) is 11.6 Å². The third kappa shape index (κ3) is 2.05. The Bertz CT molecular complexity index is 291. The van der Waals surface area contributed by atoms with Gasteiger partial charge in [0.2, 0.25) is 0 Å². The first kappa shape index (κ1) is 12.1. The number of allylic oxidation sites excluding steroid dienone is 1. The fraction of sp³-hybridized carbons (Fsp3) is 0.857. The molecule has 2 N–H and O–H groups in total. The van der Waals surface area contributed by atoms with Gasteiger partial charge in [0.1, 0.15) is 0 Å². The molecule has 0 aromatic rings. The average molecular weight is 224 g/mol. The molecule has 92 valence electrons. The minimum absolute atomic E-state index is 0.211. The summed E-state index contributed by atoms with van der Waals surface area (Å²) < 4.78 is 0. The Hall–Kier alpha value is -0.340. The maximum absolute atomic E-state index is 10.5. The van der Waals surface area contributed by atoms with E-state index < -0.39 is 5.60 Å². The second-order valence-corrected chi connectivity index (χ2v) is 6.11. The molecule has 0 saturated heterocycles. The number of rotatable bonds is 1. The molecule has 0 unspecified atom stereocenters. The fourth-order valence-corrected chi connectivity index (χ4v) is 3.41. The van der Waals surface area contributed by atoms with Crippen molar-refractivity contribution in [2.75, 3.05) is 0 Å². The molecule has 1 saturated carbocycles. The smallest absolute Gasteiger partial charge is 0.0685 e. The van der Waals surface area contributed by atoms with Gasteiger partial charge in [0.05, 0.1) is 11.7 Å². The summed E-state index contributed by atoms with van der Waals surface area (Å²) in [6, 6.07) is 0. The molecule has 0 radical (unpaired) electrons. The van der Waals surface area contributed by atoms with Gasteiger partial charge in [-0.3, -0.25) is 0 Å². The highest BCUT2D eigenvalue weighted by atomic mass is 16.3. The molecule has 4 atom stereocenters. The van der Waals surface area contributed by atoms with Gasteiger partial charge in [-0.25, -0.2) is 0 Å². The summed E-state index contributed by atoms with van der Waals surface area (Å²) >= 11 is 0. The van der Waals surface area contributed by atoms with Crippen molar-refractivity contribution >= 4 is 0 Å². The van der Waals surface area contributed by atoms with E-state index >= 15 is 0 Å². The zero-order valence-corrected chi connectivity index (χ0v) is 10.6. The maximum atomic E-state index is 10.5. The Morgan fingerprint density at radius 2 is 2.06 bits per heavy atom. The van der Waals surface area contributed by atoms with Crippen molar-refractivity contribution < 1.29 is 10.2 Å². The molecule has 2 aliphatic rings. The van der Waals surface area contributed by atoms with Gasteiger partial charge in [-0.2, -0.15) is 0 Å². The molecule has 0 aliphatic heterocycles. The predicted molar refractivity (Wildman–Crippen MR) is 65.0 cm³/mol. The maximum Gasteiger partial charge on any atom is 0.0685 e. The molecule has 0 spiro atoms. The highest BCUT2D eigenvalue weighted by molar-refractivity contribution is 5.15. The first-order valence-electron chi connectivity index (χ1n) is 6.51. The van der Waals surface area contributed by atoms with Crippen LogP contribution >= 0.6 is 0 Å². The van der Waals surface area contributed by atoms with E-state index in [1.165, 1.54) is 5.57 Å². The zero-order valence-electron chi connectivity index (χ0n) is 10.6. The molecular formula is C14H24O2. The van der Waals surface area contributed by atoms with Gasteiger partial charge >= 0.3 is 0 Å². The van der Waals surface area contributed by atoms with Gasteiger partial charge in [0.15, 0.2) is 0 Å². The molecule has 2 nitrogen and oxygen atoms in total. The standard InChI is InChI=1S/C14H24O2/c1-9(2)10-6-7-14(3,16)12-4-5-13(15)11(12)8-10/h6,9,11-13,15-16H,4-5,7-8H2,1-3H3/t11-,12-,13-,14+/m0/s1. The monoisotopic (exact) mass is 224 g/mol. The third-order valence-corrected chi connectivity index (χ3v) is 4.57. The van der Waals surface area contributed by atoms with Crippen LogP contribution in [-0.2, 0) is 0 Å². The summed E-state index contributed by atoms with van der Waals surface area (Å²) in [5.41, 5.74) is 0.785. The molecule has 0 aromatic heterocycles. The lowest BCUT2D eigenvalue weighted by molar-refractivity contribution is -0.0250. The Labute approximate surface area is 98.4 Å². The van der Waals surface area contributed by atoms with Crippen molar-refractivity contribution in [1.82, 2.24) is 0 Å². The lowest BCUT2D eigenvalue weighted by Gasteiger charge is -2.32. The van der Waals surface area contributed by atoms with E-state index in [1.54, 1.807) is 0 Å². The zero-order chi connectivity index (χ0) is 11.9. The normalized spacial score (nSPS) is 44.1. The largest absolute Gasteiger partial charge is 0.393 e. The second kappa shape index (κ2) is 4.15. The molecule has 2 aliphatic carbocycles. The number of fused-ring (bicyclic) bond motifs is 1. The Kier molecular flexibility index (Phi) is 3.15. The molecule has 0 aromatic carbocycles. The number of hydrogen-bond acceptors (Lipinski definition) is 2. The van der Waals surface area contributed by atoms with Gasteiger partial charge in [-0.15, -0.1) is 0 Å². The van der Waals surface area contributed by atoms with Crippen LogP contribution in [0.2, 0.25) is 0 Å². The van der Waals surface area contributed by atoms with E-state index in [2.05, 4.69) is 19.9 Å². The third-order valence-electron chi connectivity index (χ3n) is 4.57. The molecular weight excluding hydrogens is 200 g/mol. The molecule has 16 heavy (non-hydrogen) atoms. The lowest BCUT2D eigenvalue weighted by Crippen LogP contribution is -2.37. The van der Waals surface area contributed by atoms with Crippen LogP contribution in [0.3, 0.4) is 0 Å². The number of aliphatic hydroxyl groups is 2. The van der Waals surface area contributed by atoms with Crippen LogP contribution in [0.4, 0.5) is 0 Å². The minimum Gasteiger partial charge on any atom is -0.393 e. The van der Waals surface area contributed by atoms with E-state index in [1.807, 2.05) is 6.92 Å². The number of hydrogen-bond donors (Lipinski definition) is 2. The Morgan fingerprint density at radius 3 is 2.69 bits per heavy atom. The molecule has 1 fully saturated rings. The topological polar surface area (TPSA) is 40.5 Å². The Morgan fingerprint density at radius 1 is 1.38 bits per heavy atom. The molecule has 0 bridgehead atoms. The van der Waals surface area contributed by atoms with Crippen molar-refractivity contribution in [2.24, 2.45) is 17.8 Å². The molecule has 2 rings (SSSR count). The van der Waals surface area contributed by atoms with Crippen molar-refractivity contribution in [1.29, 1.82) is 0 Å². The van der Waals surface area contributed by atoms with Gasteiger partial charge < -0.3 is 10.2 Å². The molecule has 0 amide bonds. The summed E-state index contributed by atoms with van der Waals surface area (Å²) in [5.74, 6) is 1.07.